The van der Waals surface area contributed by atoms with Gasteiger partial charge >= 0.3 is 5.97 Å². The van der Waals surface area contributed by atoms with Gasteiger partial charge in [-0.2, -0.15) is 0 Å². The first-order valence-corrected chi connectivity index (χ1v) is 6.08. The van der Waals surface area contributed by atoms with E-state index in [9.17, 15) is 19.2 Å². The summed E-state index contributed by atoms with van der Waals surface area (Å²) in [6, 6.07) is -1.10. The highest BCUT2D eigenvalue weighted by molar-refractivity contribution is 5.99. The van der Waals surface area contributed by atoms with Crippen molar-refractivity contribution in [1.29, 1.82) is 0 Å². The number of nitrogens with zero attached hydrogens (tertiary/aromatic N) is 1. The van der Waals surface area contributed by atoms with Crippen LogP contribution in [-0.4, -0.2) is 59.9 Å². The minimum atomic E-state index is -1.10. The van der Waals surface area contributed by atoms with Gasteiger partial charge in [0.15, 0.2) is 0 Å². The van der Waals surface area contributed by atoms with Crippen molar-refractivity contribution in [3.05, 3.63) is 12.2 Å². The molecule has 0 aliphatic rings. The molecule has 0 fully saturated rings. The number of carbonyl (C=O) groups excluding carboxylic acids is 3. The highest BCUT2D eigenvalue weighted by Crippen LogP contribution is 1.99. The topological polar surface area (TPSA) is 116 Å². The van der Waals surface area contributed by atoms with E-state index < -0.39 is 23.8 Å². The second kappa shape index (κ2) is 9.68. The van der Waals surface area contributed by atoms with Crippen LogP contribution < -0.4 is 10.6 Å². The number of carboxylic acids is 1. The van der Waals surface area contributed by atoms with Crippen LogP contribution in [0.15, 0.2) is 12.2 Å². The number of carbonyl (C=O) groups is 4. The molecule has 0 heterocycles. The van der Waals surface area contributed by atoms with Gasteiger partial charge in [-0.05, 0) is 19.9 Å². The molecule has 112 valence electrons. The normalized spacial score (nSPS) is 11.9. The van der Waals surface area contributed by atoms with Gasteiger partial charge < -0.3 is 15.7 Å². The van der Waals surface area contributed by atoms with Gasteiger partial charge in [-0.25, -0.2) is 0 Å². The van der Waals surface area contributed by atoms with Crippen LogP contribution in [0.2, 0.25) is 0 Å². The summed E-state index contributed by atoms with van der Waals surface area (Å²) in [7, 11) is 0. The van der Waals surface area contributed by atoms with Crippen LogP contribution in [0.3, 0.4) is 0 Å². The zero-order chi connectivity index (χ0) is 15.5. The SMILES string of the molecule is C/C=C\C(=O)N(C=O)[C@H](CNCC(=O)O)C(=O)NCC. The molecule has 20 heavy (non-hydrogen) atoms. The molecule has 8 nitrogen and oxygen atoms in total. The maximum Gasteiger partial charge on any atom is 0.317 e. The van der Waals surface area contributed by atoms with E-state index in [1.165, 1.54) is 6.08 Å². The molecular formula is C12H19N3O5. The van der Waals surface area contributed by atoms with Crippen molar-refractivity contribution in [1.82, 2.24) is 15.5 Å². The van der Waals surface area contributed by atoms with Gasteiger partial charge in [-0.1, -0.05) is 6.08 Å². The highest BCUT2D eigenvalue weighted by Gasteiger charge is 2.28. The zero-order valence-corrected chi connectivity index (χ0v) is 11.5. The van der Waals surface area contributed by atoms with Gasteiger partial charge in [0.25, 0.3) is 5.91 Å². The van der Waals surface area contributed by atoms with Crippen LogP contribution in [0.25, 0.3) is 0 Å². The lowest BCUT2D eigenvalue weighted by Gasteiger charge is -2.24. The Balaban J connectivity index is 4.95. The Morgan fingerprint density at radius 3 is 2.45 bits per heavy atom. The number of carboxylic acid groups (broad SMARTS) is 1. The number of hydrogen-bond acceptors (Lipinski definition) is 5. The van der Waals surface area contributed by atoms with Gasteiger partial charge in [-0.15, -0.1) is 0 Å². The van der Waals surface area contributed by atoms with Crippen molar-refractivity contribution in [2.75, 3.05) is 19.6 Å². The van der Waals surface area contributed by atoms with Crippen molar-refractivity contribution >= 4 is 24.2 Å². The third-order valence-electron chi connectivity index (χ3n) is 2.28. The summed E-state index contributed by atoms with van der Waals surface area (Å²) in [6.45, 7) is 3.11. The van der Waals surface area contributed by atoms with Crippen molar-refractivity contribution in [3.8, 4) is 0 Å². The van der Waals surface area contributed by atoms with E-state index in [0.717, 1.165) is 11.0 Å². The average molecular weight is 285 g/mol. The van der Waals surface area contributed by atoms with Gasteiger partial charge in [0.1, 0.15) is 6.04 Å². The molecule has 0 saturated carbocycles. The Bertz CT molecular complexity index is 395. The summed E-state index contributed by atoms with van der Waals surface area (Å²) < 4.78 is 0. The molecule has 3 amide bonds. The molecule has 0 rings (SSSR count). The Hall–Kier alpha value is -2.22. The summed E-state index contributed by atoms with van der Waals surface area (Å²) in [4.78, 5) is 45.7. The van der Waals surface area contributed by atoms with Crippen LogP contribution in [0.1, 0.15) is 13.8 Å². The smallest absolute Gasteiger partial charge is 0.317 e. The molecule has 0 aliphatic carbocycles. The van der Waals surface area contributed by atoms with Crippen molar-refractivity contribution in [3.63, 3.8) is 0 Å². The summed E-state index contributed by atoms with van der Waals surface area (Å²) in [5.41, 5.74) is 0. The predicted molar refractivity (Wildman–Crippen MR) is 70.7 cm³/mol. The molecule has 0 saturated heterocycles. The fourth-order valence-electron chi connectivity index (χ4n) is 1.43. The van der Waals surface area contributed by atoms with Gasteiger partial charge in [0, 0.05) is 13.1 Å². The lowest BCUT2D eigenvalue weighted by atomic mass is 10.2. The number of allylic oxidation sites excluding steroid dienone is 1. The third-order valence-corrected chi connectivity index (χ3v) is 2.28. The fraction of sp³-hybridized carbons (Fsp3) is 0.500. The maximum absolute atomic E-state index is 11.9. The Morgan fingerprint density at radius 2 is 2.00 bits per heavy atom. The first-order chi connectivity index (χ1) is 9.47. The molecule has 0 aliphatic heterocycles. The number of nitrogens with one attached hydrogen (secondary N) is 2. The zero-order valence-electron chi connectivity index (χ0n) is 11.5. The molecule has 0 spiro atoms. The van der Waals surface area contributed by atoms with Crippen LogP contribution in [0, 0.1) is 0 Å². The van der Waals surface area contributed by atoms with E-state index >= 15 is 0 Å². The molecule has 0 unspecified atom stereocenters. The molecule has 0 aromatic rings. The first kappa shape index (κ1) is 17.8. The van der Waals surface area contributed by atoms with Crippen LogP contribution >= 0.6 is 0 Å². The maximum atomic E-state index is 11.9. The number of amides is 3. The van der Waals surface area contributed by atoms with Gasteiger partial charge in [0.05, 0.1) is 6.54 Å². The van der Waals surface area contributed by atoms with Crippen LogP contribution in [0.5, 0.6) is 0 Å². The van der Waals surface area contributed by atoms with E-state index in [0.29, 0.717) is 6.54 Å². The summed E-state index contributed by atoms with van der Waals surface area (Å²) >= 11 is 0. The molecular weight excluding hydrogens is 266 g/mol. The molecule has 0 bridgehead atoms. The number of aliphatic carboxylic acids is 1. The molecule has 0 radical (unpaired) electrons. The molecule has 3 N–H and O–H groups in total. The second-order valence-electron chi connectivity index (χ2n) is 3.79. The van der Waals surface area contributed by atoms with Crippen molar-refractivity contribution < 1.29 is 24.3 Å². The minimum Gasteiger partial charge on any atom is -0.480 e. The number of rotatable bonds is 9. The summed E-state index contributed by atoms with van der Waals surface area (Å²) in [5.74, 6) is -2.27. The van der Waals surface area contributed by atoms with Crippen LogP contribution in [0.4, 0.5) is 0 Å². The minimum absolute atomic E-state index is 0.139. The van der Waals surface area contributed by atoms with E-state index in [2.05, 4.69) is 10.6 Å². The Labute approximate surface area is 116 Å². The molecule has 0 aromatic heterocycles. The number of hydrogen-bond donors (Lipinski definition) is 3. The number of imide groups is 1. The largest absolute Gasteiger partial charge is 0.480 e. The molecule has 0 aromatic carbocycles. The lowest BCUT2D eigenvalue weighted by molar-refractivity contribution is -0.143. The van der Waals surface area contributed by atoms with Gasteiger partial charge in [0.2, 0.25) is 12.3 Å². The average Bonchev–Trinajstić information content (AvgIpc) is 2.38. The Kier molecular flexibility index (Phi) is 8.60. The van der Waals surface area contributed by atoms with E-state index in [1.807, 2.05) is 0 Å². The fourth-order valence-corrected chi connectivity index (χ4v) is 1.43. The molecule has 1 atom stereocenters. The Morgan fingerprint density at radius 1 is 1.35 bits per heavy atom. The lowest BCUT2D eigenvalue weighted by Crippen LogP contribution is -2.53. The van der Waals surface area contributed by atoms with E-state index in [-0.39, 0.29) is 19.5 Å². The number of likely N-dealkylation sites (N-methyl/N-ethyl adjacent to an activating group) is 1. The second-order valence-corrected chi connectivity index (χ2v) is 3.79. The predicted octanol–water partition coefficient (Wildman–Crippen LogP) is -1.27. The standard InChI is InChI=1S/C12H19N3O5/c1-3-5-10(17)15(8-16)9(12(20)14-4-2)6-13-7-11(18)19/h3,5,8-9,13H,4,6-7H2,1-2H3,(H,14,20)(H,18,19)/b5-3-/t9-/m1/s1. The van der Waals surface area contributed by atoms with Crippen LogP contribution in [-0.2, 0) is 19.2 Å². The quantitative estimate of drug-likeness (QED) is 0.359. The van der Waals surface area contributed by atoms with Crippen molar-refractivity contribution in [2.45, 2.75) is 19.9 Å². The van der Waals surface area contributed by atoms with Crippen molar-refractivity contribution in [2.24, 2.45) is 0 Å². The van der Waals surface area contributed by atoms with E-state index in [4.69, 9.17) is 5.11 Å². The third kappa shape index (κ3) is 6.10. The summed E-state index contributed by atoms with van der Waals surface area (Å²) in [5, 5.41) is 13.5. The van der Waals surface area contributed by atoms with Gasteiger partial charge in [-0.3, -0.25) is 24.1 Å². The van der Waals surface area contributed by atoms with E-state index in [1.54, 1.807) is 13.8 Å². The first-order valence-electron chi connectivity index (χ1n) is 6.08. The highest BCUT2D eigenvalue weighted by atomic mass is 16.4. The monoisotopic (exact) mass is 285 g/mol. The molecule has 8 heteroatoms. The summed E-state index contributed by atoms with van der Waals surface area (Å²) in [6.07, 6.45) is 2.85.